The standard InChI is InChI=1S/C22H25F3N4O3/c23-22(24,25)16-4-5-20(28-10-12-32-13-11-28)19(14-16)26-21(31)29-8-6-27(7-9-29)17-2-1-3-18(30)15-17/h1-5,14-15,30H,6-13H2,(H,26,31). The number of nitrogens with zero attached hydrogens (tertiary/aromatic N) is 3. The van der Waals surface area contributed by atoms with E-state index in [0.29, 0.717) is 58.2 Å². The van der Waals surface area contributed by atoms with Crippen molar-refractivity contribution in [2.24, 2.45) is 0 Å². The third-order valence-electron chi connectivity index (χ3n) is 5.68. The number of amides is 2. The summed E-state index contributed by atoms with van der Waals surface area (Å²) in [5.74, 6) is 0.169. The van der Waals surface area contributed by atoms with Crippen molar-refractivity contribution in [1.82, 2.24) is 4.90 Å². The molecule has 172 valence electrons. The van der Waals surface area contributed by atoms with Crippen LogP contribution in [0.3, 0.4) is 0 Å². The molecule has 0 aromatic heterocycles. The first-order chi connectivity index (χ1) is 15.3. The number of alkyl halides is 3. The van der Waals surface area contributed by atoms with Gasteiger partial charge in [0.15, 0.2) is 0 Å². The molecule has 4 rings (SSSR count). The molecule has 0 spiro atoms. The fourth-order valence-corrected chi connectivity index (χ4v) is 3.94. The Kier molecular flexibility index (Phi) is 6.31. The van der Waals surface area contributed by atoms with E-state index < -0.39 is 17.8 Å². The van der Waals surface area contributed by atoms with Crippen molar-refractivity contribution in [2.45, 2.75) is 6.18 Å². The highest BCUT2D eigenvalue weighted by atomic mass is 19.4. The number of nitrogens with one attached hydrogen (secondary N) is 1. The monoisotopic (exact) mass is 450 g/mol. The summed E-state index contributed by atoms with van der Waals surface area (Å²) in [5.41, 5.74) is 0.742. The summed E-state index contributed by atoms with van der Waals surface area (Å²) in [7, 11) is 0. The number of phenols is 1. The maximum Gasteiger partial charge on any atom is 0.416 e. The number of phenolic OH excluding ortho intramolecular Hbond substituents is 1. The molecule has 2 saturated heterocycles. The molecular weight excluding hydrogens is 425 g/mol. The lowest BCUT2D eigenvalue weighted by molar-refractivity contribution is -0.137. The third kappa shape index (κ3) is 5.01. The molecule has 0 unspecified atom stereocenters. The molecule has 2 N–H and O–H groups in total. The van der Waals surface area contributed by atoms with Crippen LogP contribution in [0.5, 0.6) is 5.75 Å². The molecule has 2 fully saturated rings. The lowest BCUT2D eigenvalue weighted by atomic mass is 10.1. The van der Waals surface area contributed by atoms with Gasteiger partial charge < -0.3 is 29.9 Å². The maximum absolute atomic E-state index is 13.3. The summed E-state index contributed by atoms with van der Waals surface area (Å²) >= 11 is 0. The second-order valence-corrected chi connectivity index (χ2v) is 7.75. The highest BCUT2D eigenvalue weighted by molar-refractivity contribution is 5.93. The minimum absolute atomic E-state index is 0.141. The van der Waals surface area contributed by atoms with Gasteiger partial charge in [-0.15, -0.1) is 0 Å². The highest BCUT2D eigenvalue weighted by Gasteiger charge is 2.32. The number of hydrogen-bond donors (Lipinski definition) is 2. The summed E-state index contributed by atoms with van der Waals surface area (Å²) in [6, 6.07) is 9.89. The van der Waals surface area contributed by atoms with Crippen LogP contribution in [0.1, 0.15) is 5.56 Å². The molecule has 2 aromatic rings. The van der Waals surface area contributed by atoms with Crippen LogP contribution in [-0.2, 0) is 10.9 Å². The number of carbonyl (C=O) groups excluding carboxylic acids is 1. The third-order valence-corrected chi connectivity index (χ3v) is 5.68. The van der Waals surface area contributed by atoms with Crippen LogP contribution in [0.4, 0.5) is 35.0 Å². The molecule has 7 nitrogen and oxygen atoms in total. The largest absolute Gasteiger partial charge is 0.508 e. The molecule has 10 heteroatoms. The minimum atomic E-state index is -4.50. The molecule has 32 heavy (non-hydrogen) atoms. The van der Waals surface area contributed by atoms with Gasteiger partial charge in [0.25, 0.3) is 0 Å². The lowest BCUT2D eigenvalue weighted by Gasteiger charge is -2.36. The van der Waals surface area contributed by atoms with Crippen LogP contribution in [0.25, 0.3) is 0 Å². The number of benzene rings is 2. The Labute approximate surface area is 184 Å². The number of hydrogen-bond acceptors (Lipinski definition) is 5. The van der Waals surface area contributed by atoms with Gasteiger partial charge in [0.05, 0.1) is 30.2 Å². The van der Waals surface area contributed by atoms with E-state index in [-0.39, 0.29) is 11.4 Å². The van der Waals surface area contributed by atoms with E-state index in [1.165, 1.54) is 6.07 Å². The van der Waals surface area contributed by atoms with Gasteiger partial charge in [-0.05, 0) is 30.3 Å². The van der Waals surface area contributed by atoms with Crippen molar-refractivity contribution in [3.63, 3.8) is 0 Å². The number of anilines is 3. The van der Waals surface area contributed by atoms with Crippen molar-refractivity contribution in [3.8, 4) is 5.75 Å². The molecule has 2 heterocycles. The van der Waals surface area contributed by atoms with Gasteiger partial charge in [0.2, 0.25) is 0 Å². The average molecular weight is 450 g/mol. The van der Waals surface area contributed by atoms with Crippen LogP contribution in [-0.4, -0.2) is 68.5 Å². The number of aromatic hydroxyl groups is 1. The summed E-state index contributed by atoms with van der Waals surface area (Å²) in [6.45, 7) is 3.96. The number of morpholine rings is 1. The van der Waals surface area contributed by atoms with Gasteiger partial charge in [-0.2, -0.15) is 13.2 Å². The highest BCUT2D eigenvalue weighted by Crippen LogP contribution is 2.36. The topological polar surface area (TPSA) is 68.3 Å². The maximum atomic E-state index is 13.3. The van der Waals surface area contributed by atoms with Crippen LogP contribution >= 0.6 is 0 Å². The molecule has 0 atom stereocenters. The van der Waals surface area contributed by atoms with Crippen molar-refractivity contribution in [3.05, 3.63) is 48.0 Å². The number of piperazine rings is 1. The molecule has 0 radical (unpaired) electrons. The van der Waals surface area contributed by atoms with E-state index in [1.54, 1.807) is 23.1 Å². The van der Waals surface area contributed by atoms with Crippen molar-refractivity contribution >= 4 is 23.1 Å². The number of ether oxygens (including phenoxy) is 1. The van der Waals surface area contributed by atoms with E-state index >= 15 is 0 Å². The van der Waals surface area contributed by atoms with Gasteiger partial charge in [-0.3, -0.25) is 0 Å². The van der Waals surface area contributed by atoms with E-state index in [1.807, 2.05) is 15.9 Å². The van der Waals surface area contributed by atoms with Gasteiger partial charge in [-0.1, -0.05) is 6.07 Å². The Bertz CT molecular complexity index is 956. The zero-order chi connectivity index (χ0) is 22.7. The van der Waals surface area contributed by atoms with Crippen molar-refractivity contribution in [1.29, 1.82) is 0 Å². The molecule has 2 amide bonds. The van der Waals surface area contributed by atoms with Crippen LogP contribution < -0.4 is 15.1 Å². The second-order valence-electron chi connectivity index (χ2n) is 7.75. The fraction of sp³-hybridized carbons (Fsp3) is 0.409. The zero-order valence-electron chi connectivity index (χ0n) is 17.4. The summed E-state index contributed by atoms with van der Waals surface area (Å²) in [4.78, 5) is 18.4. The molecular formula is C22H25F3N4O3. The fourth-order valence-electron chi connectivity index (χ4n) is 3.94. The number of halogens is 3. The Hall–Kier alpha value is -3.14. The van der Waals surface area contributed by atoms with E-state index in [2.05, 4.69) is 5.32 Å². The molecule has 2 aliphatic rings. The Morgan fingerprint density at radius 1 is 0.938 bits per heavy atom. The average Bonchev–Trinajstić information content (AvgIpc) is 2.79. The molecule has 0 bridgehead atoms. The summed E-state index contributed by atoms with van der Waals surface area (Å²) in [6.07, 6.45) is -4.50. The normalized spacial score (nSPS) is 17.4. The molecule has 0 aliphatic carbocycles. The number of rotatable bonds is 3. The van der Waals surface area contributed by atoms with Gasteiger partial charge >= 0.3 is 12.2 Å². The van der Waals surface area contributed by atoms with E-state index in [0.717, 1.165) is 17.8 Å². The van der Waals surface area contributed by atoms with E-state index in [9.17, 15) is 23.1 Å². The predicted octanol–water partition coefficient (Wildman–Crippen LogP) is 3.60. The zero-order valence-corrected chi connectivity index (χ0v) is 17.4. The quantitative estimate of drug-likeness (QED) is 0.748. The smallest absolute Gasteiger partial charge is 0.416 e. The Morgan fingerprint density at radius 3 is 2.31 bits per heavy atom. The van der Waals surface area contributed by atoms with Gasteiger partial charge in [0.1, 0.15) is 5.75 Å². The predicted molar refractivity (Wildman–Crippen MR) is 115 cm³/mol. The van der Waals surface area contributed by atoms with Crippen LogP contribution in [0.15, 0.2) is 42.5 Å². The number of urea groups is 1. The minimum Gasteiger partial charge on any atom is -0.508 e. The number of carbonyl (C=O) groups is 1. The SMILES string of the molecule is O=C(Nc1cc(C(F)(F)F)ccc1N1CCOCC1)N1CCN(c2cccc(O)c2)CC1. The Morgan fingerprint density at radius 2 is 1.66 bits per heavy atom. The van der Waals surface area contributed by atoms with Crippen LogP contribution in [0.2, 0.25) is 0 Å². The van der Waals surface area contributed by atoms with Crippen molar-refractivity contribution in [2.75, 3.05) is 67.6 Å². The van der Waals surface area contributed by atoms with Crippen LogP contribution in [0, 0.1) is 0 Å². The summed E-state index contributed by atoms with van der Waals surface area (Å²) in [5, 5.41) is 12.4. The first kappa shape index (κ1) is 22.1. The molecule has 2 aromatic carbocycles. The second kappa shape index (κ2) is 9.15. The van der Waals surface area contributed by atoms with Gasteiger partial charge in [0, 0.05) is 51.0 Å². The summed E-state index contributed by atoms with van der Waals surface area (Å²) < 4.78 is 45.2. The first-order valence-electron chi connectivity index (χ1n) is 10.4. The van der Waals surface area contributed by atoms with Crippen molar-refractivity contribution < 1.29 is 27.8 Å². The Balaban J connectivity index is 1.47. The lowest BCUT2D eigenvalue weighted by Crippen LogP contribution is -2.50. The first-order valence-corrected chi connectivity index (χ1v) is 10.4. The van der Waals surface area contributed by atoms with Gasteiger partial charge in [-0.25, -0.2) is 4.79 Å². The van der Waals surface area contributed by atoms with E-state index in [4.69, 9.17) is 4.74 Å². The molecule has 2 aliphatic heterocycles. The molecule has 0 saturated carbocycles.